The predicted molar refractivity (Wildman–Crippen MR) is 51.7 cm³/mol. The molecule has 0 aromatic carbocycles. The van der Waals surface area contributed by atoms with Gasteiger partial charge in [0.15, 0.2) is 5.78 Å². The van der Waals surface area contributed by atoms with Gasteiger partial charge in [0.05, 0.1) is 13.2 Å². The number of morpholine rings is 1. The molecule has 1 saturated heterocycles. The van der Waals surface area contributed by atoms with Crippen LogP contribution in [0.15, 0.2) is 12.2 Å². The van der Waals surface area contributed by atoms with Gasteiger partial charge in [-0.1, -0.05) is 6.58 Å². The van der Waals surface area contributed by atoms with Crippen LogP contribution in [0.25, 0.3) is 0 Å². The number of nitrogens with zero attached hydrogens (tertiary/aromatic N) is 1. The molecule has 0 bridgehead atoms. The summed E-state index contributed by atoms with van der Waals surface area (Å²) >= 11 is 0. The third-order valence-electron chi connectivity index (χ3n) is 2.23. The largest absolute Gasteiger partial charge is 0.379 e. The molecule has 13 heavy (non-hydrogen) atoms. The Morgan fingerprint density at radius 3 is 2.62 bits per heavy atom. The first-order valence-corrected chi connectivity index (χ1v) is 4.69. The van der Waals surface area contributed by atoms with E-state index in [0.717, 1.165) is 32.8 Å². The zero-order chi connectivity index (χ0) is 9.68. The average Bonchev–Trinajstić information content (AvgIpc) is 2.15. The first-order chi connectivity index (χ1) is 6.20. The van der Waals surface area contributed by atoms with Crippen LogP contribution in [0.3, 0.4) is 0 Å². The summed E-state index contributed by atoms with van der Waals surface area (Å²) in [6.45, 7) is 9.72. The van der Waals surface area contributed by atoms with Crippen LogP contribution in [0.5, 0.6) is 0 Å². The number of ketones is 1. The van der Waals surface area contributed by atoms with Gasteiger partial charge in [-0.2, -0.15) is 0 Å². The van der Waals surface area contributed by atoms with Gasteiger partial charge in [-0.05, 0) is 12.5 Å². The Kier molecular flexibility index (Phi) is 4.12. The van der Waals surface area contributed by atoms with Crippen molar-refractivity contribution in [2.45, 2.75) is 13.3 Å². The minimum atomic E-state index is 0.173. The lowest BCUT2D eigenvalue weighted by Crippen LogP contribution is -2.37. The molecule has 0 radical (unpaired) electrons. The summed E-state index contributed by atoms with van der Waals surface area (Å²) < 4.78 is 5.21. The van der Waals surface area contributed by atoms with Crippen molar-refractivity contribution in [2.75, 3.05) is 32.8 Å². The fourth-order valence-electron chi connectivity index (χ4n) is 1.30. The highest BCUT2D eigenvalue weighted by atomic mass is 16.5. The summed E-state index contributed by atoms with van der Waals surface area (Å²) in [5.74, 6) is 0.173. The molecule has 1 fully saturated rings. The van der Waals surface area contributed by atoms with E-state index in [-0.39, 0.29) is 5.78 Å². The molecule has 0 atom stereocenters. The summed E-state index contributed by atoms with van der Waals surface area (Å²) in [5.41, 5.74) is 0.660. The van der Waals surface area contributed by atoms with Crippen LogP contribution < -0.4 is 0 Å². The van der Waals surface area contributed by atoms with Crippen LogP contribution >= 0.6 is 0 Å². The van der Waals surface area contributed by atoms with E-state index in [1.54, 1.807) is 6.92 Å². The number of ether oxygens (including phenoxy) is 1. The molecule has 0 N–H and O–H groups in total. The molecule has 1 aliphatic rings. The molecule has 1 aliphatic heterocycles. The van der Waals surface area contributed by atoms with Gasteiger partial charge in [0.2, 0.25) is 0 Å². The number of allylic oxidation sites excluding steroid dienone is 1. The van der Waals surface area contributed by atoms with Gasteiger partial charge in [0.1, 0.15) is 0 Å². The molecular formula is C10H17NO2. The molecule has 0 spiro atoms. The lowest BCUT2D eigenvalue weighted by Gasteiger charge is -2.26. The standard InChI is InChI=1S/C10H17NO2/c1-9(2)10(12)3-4-11-5-7-13-8-6-11/h1,3-8H2,2H3. The van der Waals surface area contributed by atoms with E-state index in [2.05, 4.69) is 11.5 Å². The highest BCUT2D eigenvalue weighted by molar-refractivity contribution is 5.94. The molecule has 3 heteroatoms. The maximum absolute atomic E-state index is 11.2. The first-order valence-electron chi connectivity index (χ1n) is 4.69. The van der Waals surface area contributed by atoms with Crippen LogP contribution in [0.4, 0.5) is 0 Å². The number of carbonyl (C=O) groups excluding carboxylic acids is 1. The van der Waals surface area contributed by atoms with Crippen LogP contribution in [-0.2, 0) is 9.53 Å². The summed E-state index contributed by atoms with van der Waals surface area (Å²) in [6, 6.07) is 0. The average molecular weight is 183 g/mol. The molecule has 3 nitrogen and oxygen atoms in total. The molecule has 0 aliphatic carbocycles. The van der Waals surface area contributed by atoms with Crippen molar-refractivity contribution in [3.63, 3.8) is 0 Å². The molecule has 0 saturated carbocycles. The third kappa shape index (κ3) is 3.70. The molecule has 0 aromatic rings. The van der Waals surface area contributed by atoms with Gasteiger partial charge in [-0.3, -0.25) is 9.69 Å². The van der Waals surface area contributed by atoms with Crippen molar-refractivity contribution in [3.05, 3.63) is 12.2 Å². The van der Waals surface area contributed by atoms with Crippen LogP contribution in [-0.4, -0.2) is 43.5 Å². The van der Waals surface area contributed by atoms with E-state index in [4.69, 9.17) is 4.74 Å². The minimum Gasteiger partial charge on any atom is -0.379 e. The SMILES string of the molecule is C=C(C)C(=O)CCN1CCOCC1. The highest BCUT2D eigenvalue weighted by Crippen LogP contribution is 2.01. The fourth-order valence-corrected chi connectivity index (χ4v) is 1.30. The van der Waals surface area contributed by atoms with Gasteiger partial charge in [0, 0.05) is 26.1 Å². The molecule has 0 amide bonds. The van der Waals surface area contributed by atoms with Crippen molar-refractivity contribution in [1.29, 1.82) is 0 Å². The van der Waals surface area contributed by atoms with Gasteiger partial charge in [0.25, 0.3) is 0 Å². The Balaban J connectivity index is 2.17. The van der Waals surface area contributed by atoms with E-state index < -0.39 is 0 Å². The van der Waals surface area contributed by atoms with Crippen molar-refractivity contribution in [3.8, 4) is 0 Å². The zero-order valence-corrected chi connectivity index (χ0v) is 8.21. The smallest absolute Gasteiger partial charge is 0.159 e. The maximum atomic E-state index is 11.2. The van der Waals surface area contributed by atoms with E-state index in [0.29, 0.717) is 12.0 Å². The second-order valence-corrected chi connectivity index (χ2v) is 3.41. The minimum absolute atomic E-state index is 0.173. The van der Waals surface area contributed by atoms with Crippen LogP contribution in [0, 0.1) is 0 Å². The first kappa shape index (κ1) is 10.4. The Morgan fingerprint density at radius 1 is 1.46 bits per heavy atom. The molecule has 1 heterocycles. The summed E-state index contributed by atoms with van der Waals surface area (Å²) in [5, 5.41) is 0. The van der Waals surface area contributed by atoms with Crippen molar-refractivity contribution < 1.29 is 9.53 Å². The van der Waals surface area contributed by atoms with Gasteiger partial charge < -0.3 is 4.74 Å². The van der Waals surface area contributed by atoms with E-state index in [1.165, 1.54) is 0 Å². The Labute approximate surface area is 79.4 Å². The summed E-state index contributed by atoms with van der Waals surface area (Å²) in [6.07, 6.45) is 0.593. The molecule has 0 aromatic heterocycles. The monoisotopic (exact) mass is 183 g/mol. The lowest BCUT2D eigenvalue weighted by atomic mass is 10.1. The number of hydrogen-bond acceptors (Lipinski definition) is 3. The molecule has 74 valence electrons. The maximum Gasteiger partial charge on any atom is 0.159 e. The van der Waals surface area contributed by atoms with E-state index in [1.807, 2.05) is 0 Å². The summed E-state index contributed by atoms with van der Waals surface area (Å²) in [7, 11) is 0. The van der Waals surface area contributed by atoms with Crippen molar-refractivity contribution in [2.24, 2.45) is 0 Å². The van der Waals surface area contributed by atoms with Crippen molar-refractivity contribution in [1.82, 2.24) is 4.90 Å². The number of Topliss-reactive ketones (excluding diaryl/α,β-unsaturated/α-hetero) is 1. The highest BCUT2D eigenvalue weighted by Gasteiger charge is 2.11. The normalized spacial score (nSPS) is 18.5. The van der Waals surface area contributed by atoms with E-state index >= 15 is 0 Å². The Morgan fingerprint density at radius 2 is 2.08 bits per heavy atom. The second kappa shape index (κ2) is 5.14. The number of hydrogen-bond donors (Lipinski definition) is 0. The zero-order valence-electron chi connectivity index (χ0n) is 8.21. The Bertz CT molecular complexity index is 195. The van der Waals surface area contributed by atoms with E-state index in [9.17, 15) is 4.79 Å². The van der Waals surface area contributed by atoms with Gasteiger partial charge in [-0.25, -0.2) is 0 Å². The fraction of sp³-hybridized carbons (Fsp3) is 0.700. The third-order valence-corrected chi connectivity index (χ3v) is 2.23. The number of carbonyl (C=O) groups is 1. The molecule has 1 rings (SSSR count). The van der Waals surface area contributed by atoms with Crippen molar-refractivity contribution >= 4 is 5.78 Å². The molecule has 0 unspecified atom stereocenters. The quantitative estimate of drug-likeness (QED) is 0.605. The van der Waals surface area contributed by atoms with Gasteiger partial charge >= 0.3 is 0 Å². The van der Waals surface area contributed by atoms with Gasteiger partial charge in [-0.15, -0.1) is 0 Å². The topological polar surface area (TPSA) is 29.5 Å². The van der Waals surface area contributed by atoms with Crippen LogP contribution in [0.2, 0.25) is 0 Å². The lowest BCUT2D eigenvalue weighted by molar-refractivity contribution is -0.116. The Hall–Kier alpha value is -0.670. The number of rotatable bonds is 4. The summed E-state index contributed by atoms with van der Waals surface area (Å²) in [4.78, 5) is 13.5. The predicted octanol–water partition coefficient (Wildman–Crippen LogP) is 0.854. The second-order valence-electron chi connectivity index (χ2n) is 3.41. The molecular weight excluding hydrogens is 166 g/mol. The van der Waals surface area contributed by atoms with Crippen LogP contribution in [0.1, 0.15) is 13.3 Å².